The van der Waals surface area contributed by atoms with Crippen LogP contribution in [0.2, 0.25) is 0 Å². The maximum absolute atomic E-state index is 13.8. The van der Waals surface area contributed by atoms with Gasteiger partial charge in [-0.05, 0) is 38.3 Å². The minimum atomic E-state index is -1.31. The zero-order chi connectivity index (χ0) is 15.6. The SMILES string of the molecule is CCOC(=O)C(C)(C)C(=O)c1ccc(F)c2ccccc12. The maximum Gasteiger partial charge on any atom is 0.319 e. The highest BCUT2D eigenvalue weighted by Crippen LogP contribution is 2.29. The normalized spacial score (nSPS) is 11.4. The first-order valence-corrected chi connectivity index (χ1v) is 6.79. The fourth-order valence-electron chi connectivity index (χ4n) is 2.20. The lowest BCUT2D eigenvalue weighted by molar-refractivity contribution is -0.150. The lowest BCUT2D eigenvalue weighted by Crippen LogP contribution is -2.35. The number of fused-ring (bicyclic) bond motifs is 1. The van der Waals surface area contributed by atoms with Crippen LogP contribution >= 0.6 is 0 Å². The summed E-state index contributed by atoms with van der Waals surface area (Å²) in [4.78, 5) is 24.7. The average Bonchev–Trinajstić information content (AvgIpc) is 2.47. The maximum atomic E-state index is 13.8. The van der Waals surface area contributed by atoms with Crippen LogP contribution < -0.4 is 0 Å². The molecule has 0 N–H and O–H groups in total. The highest BCUT2D eigenvalue weighted by Gasteiger charge is 2.38. The molecule has 0 aromatic heterocycles. The summed E-state index contributed by atoms with van der Waals surface area (Å²) in [5.41, 5.74) is -0.985. The van der Waals surface area contributed by atoms with Crippen LogP contribution in [0, 0.1) is 11.2 Å². The van der Waals surface area contributed by atoms with Crippen molar-refractivity contribution < 1.29 is 18.7 Å². The quantitative estimate of drug-likeness (QED) is 0.489. The fraction of sp³-hybridized carbons (Fsp3) is 0.294. The number of carbonyl (C=O) groups is 2. The third-order valence-electron chi connectivity index (χ3n) is 3.47. The minimum absolute atomic E-state index is 0.208. The molecule has 21 heavy (non-hydrogen) atoms. The molecule has 0 unspecified atom stereocenters. The second-order valence-electron chi connectivity index (χ2n) is 5.32. The van der Waals surface area contributed by atoms with E-state index in [1.54, 1.807) is 31.2 Å². The van der Waals surface area contributed by atoms with Gasteiger partial charge in [-0.25, -0.2) is 4.39 Å². The van der Waals surface area contributed by atoms with Gasteiger partial charge in [-0.15, -0.1) is 0 Å². The molecule has 0 aliphatic rings. The number of hydrogen-bond acceptors (Lipinski definition) is 3. The summed E-state index contributed by atoms with van der Waals surface area (Å²) in [6.07, 6.45) is 0. The van der Waals surface area contributed by atoms with Gasteiger partial charge in [-0.2, -0.15) is 0 Å². The number of ketones is 1. The molecule has 0 aliphatic carbocycles. The highest BCUT2D eigenvalue weighted by atomic mass is 19.1. The van der Waals surface area contributed by atoms with Crippen molar-refractivity contribution in [3.63, 3.8) is 0 Å². The van der Waals surface area contributed by atoms with E-state index in [9.17, 15) is 14.0 Å². The molecule has 0 atom stereocenters. The van der Waals surface area contributed by atoms with Crippen molar-refractivity contribution in [1.29, 1.82) is 0 Å². The van der Waals surface area contributed by atoms with Gasteiger partial charge in [0.1, 0.15) is 11.2 Å². The Kier molecular flexibility index (Phi) is 4.07. The predicted octanol–water partition coefficient (Wildman–Crippen LogP) is 3.75. The van der Waals surface area contributed by atoms with Crippen molar-refractivity contribution in [2.24, 2.45) is 5.41 Å². The van der Waals surface area contributed by atoms with Crippen LogP contribution in [-0.2, 0) is 9.53 Å². The Balaban J connectivity index is 2.54. The van der Waals surface area contributed by atoms with Crippen LogP contribution in [0.3, 0.4) is 0 Å². The summed E-state index contributed by atoms with van der Waals surface area (Å²) in [7, 11) is 0. The van der Waals surface area contributed by atoms with Gasteiger partial charge in [0.25, 0.3) is 0 Å². The van der Waals surface area contributed by atoms with Crippen LogP contribution in [0.15, 0.2) is 36.4 Å². The van der Waals surface area contributed by atoms with E-state index in [1.165, 1.54) is 26.0 Å². The van der Waals surface area contributed by atoms with Crippen LogP contribution in [0.4, 0.5) is 4.39 Å². The van der Waals surface area contributed by atoms with E-state index >= 15 is 0 Å². The number of benzene rings is 2. The number of Topliss-reactive ketones (excluding diaryl/α,β-unsaturated/α-hetero) is 1. The van der Waals surface area contributed by atoms with Crippen molar-refractivity contribution >= 4 is 22.5 Å². The van der Waals surface area contributed by atoms with E-state index in [4.69, 9.17) is 4.74 Å². The summed E-state index contributed by atoms with van der Waals surface area (Å²) in [5, 5.41) is 0.864. The molecule has 0 spiro atoms. The van der Waals surface area contributed by atoms with Gasteiger partial charge in [0.05, 0.1) is 6.61 Å². The Morgan fingerprint density at radius 1 is 1.10 bits per heavy atom. The second-order valence-corrected chi connectivity index (χ2v) is 5.32. The molecule has 110 valence electrons. The van der Waals surface area contributed by atoms with E-state index in [-0.39, 0.29) is 12.4 Å². The molecule has 0 saturated heterocycles. The zero-order valence-electron chi connectivity index (χ0n) is 12.3. The van der Waals surface area contributed by atoms with Crippen LogP contribution in [0.1, 0.15) is 31.1 Å². The van der Waals surface area contributed by atoms with E-state index in [0.717, 1.165) is 0 Å². The second kappa shape index (κ2) is 5.64. The van der Waals surface area contributed by atoms with Gasteiger partial charge in [0.2, 0.25) is 0 Å². The Labute approximate surface area is 122 Å². The number of halogens is 1. The van der Waals surface area contributed by atoms with Crippen molar-refractivity contribution in [1.82, 2.24) is 0 Å². The van der Waals surface area contributed by atoms with E-state index in [1.807, 2.05) is 0 Å². The van der Waals surface area contributed by atoms with Crippen LogP contribution in [0.25, 0.3) is 10.8 Å². The van der Waals surface area contributed by atoms with E-state index in [2.05, 4.69) is 0 Å². The molecule has 0 fully saturated rings. The molecule has 0 saturated carbocycles. The molecule has 2 aromatic carbocycles. The Hall–Kier alpha value is -2.23. The number of rotatable bonds is 4. The smallest absolute Gasteiger partial charge is 0.319 e. The molecule has 0 radical (unpaired) electrons. The Bertz CT molecular complexity index is 704. The average molecular weight is 288 g/mol. The first-order valence-electron chi connectivity index (χ1n) is 6.79. The van der Waals surface area contributed by atoms with Crippen LogP contribution in [-0.4, -0.2) is 18.4 Å². The molecule has 4 heteroatoms. The third-order valence-corrected chi connectivity index (χ3v) is 3.47. The van der Waals surface area contributed by atoms with Gasteiger partial charge < -0.3 is 4.74 Å². The van der Waals surface area contributed by atoms with E-state index in [0.29, 0.717) is 16.3 Å². The molecule has 2 rings (SSSR count). The van der Waals surface area contributed by atoms with Gasteiger partial charge in [0.15, 0.2) is 5.78 Å². The van der Waals surface area contributed by atoms with Crippen LogP contribution in [0.5, 0.6) is 0 Å². The summed E-state index contributed by atoms with van der Waals surface area (Å²) < 4.78 is 18.8. The number of esters is 1. The molecule has 0 aliphatic heterocycles. The van der Waals surface area contributed by atoms with Crippen molar-refractivity contribution in [3.05, 3.63) is 47.8 Å². The Morgan fingerprint density at radius 2 is 1.71 bits per heavy atom. The largest absolute Gasteiger partial charge is 0.465 e. The molecular formula is C17H17FO3. The number of carbonyl (C=O) groups excluding carboxylic acids is 2. The predicted molar refractivity (Wildman–Crippen MR) is 78.7 cm³/mol. The summed E-state index contributed by atoms with van der Waals surface area (Å²) >= 11 is 0. The fourth-order valence-corrected chi connectivity index (χ4v) is 2.20. The van der Waals surface area contributed by atoms with Gasteiger partial charge in [-0.3, -0.25) is 9.59 Å². The monoisotopic (exact) mass is 288 g/mol. The number of ether oxygens (including phenoxy) is 1. The first-order chi connectivity index (χ1) is 9.89. The molecule has 0 amide bonds. The van der Waals surface area contributed by atoms with Crippen molar-refractivity contribution in [3.8, 4) is 0 Å². The molecule has 2 aromatic rings. The lowest BCUT2D eigenvalue weighted by atomic mass is 9.82. The topological polar surface area (TPSA) is 43.4 Å². The summed E-state index contributed by atoms with van der Waals surface area (Å²) in [6, 6.07) is 9.38. The molecule has 3 nitrogen and oxygen atoms in total. The molecular weight excluding hydrogens is 271 g/mol. The molecule has 0 bridgehead atoms. The van der Waals surface area contributed by atoms with Crippen molar-refractivity contribution in [2.45, 2.75) is 20.8 Å². The van der Waals surface area contributed by atoms with Gasteiger partial charge >= 0.3 is 5.97 Å². The van der Waals surface area contributed by atoms with Gasteiger partial charge in [-0.1, -0.05) is 24.3 Å². The standard InChI is InChI=1S/C17H17FO3/c1-4-21-16(20)17(2,3)15(19)13-9-10-14(18)12-8-6-5-7-11(12)13/h5-10H,4H2,1-3H3. The number of hydrogen-bond donors (Lipinski definition) is 0. The Morgan fingerprint density at radius 3 is 2.33 bits per heavy atom. The third kappa shape index (κ3) is 2.66. The summed E-state index contributed by atoms with van der Waals surface area (Å²) in [6.45, 7) is 4.93. The van der Waals surface area contributed by atoms with Crippen molar-refractivity contribution in [2.75, 3.05) is 6.61 Å². The van der Waals surface area contributed by atoms with Gasteiger partial charge in [0, 0.05) is 10.9 Å². The summed E-state index contributed by atoms with van der Waals surface area (Å²) in [5.74, 6) is -1.35. The highest BCUT2D eigenvalue weighted by molar-refractivity contribution is 6.17. The van der Waals surface area contributed by atoms with E-state index < -0.39 is 17.2 Å². The first kappa shape index (κ1) is 15.2. The zero-order valence-corrected chi connectivity index (χ0v) is 12.3. The minimum Gasteiger partial charge on any atom is -0.465 e. The lowest BCUT2D eigenvalue weighted by Gasteiger charge is -2.21. The molecule has 0 heterocycles.